The number of fused-ring (bicyclic) bond motifs is 1. The summed E-state index contributed by atoms with van der Waals surface area (Å²) in [5, 5.41) is 2.46. The molecule has 0 spiro atoms. The van der Waals surface area contributed by atoms with Crippen molar-refractivity contribution in [3.8, 4) is 11.5 Å². The van der Waals surface area contributed by atoms with Crippen molar-refractivity contribution in [3.05, 3.63) is 18.2 Å². The van der Waals surface area contributed by atoms with Gasteiger partial charge in [-0.1, -0.05) is 0 Å². The summed E-state index contributed by atoms with van der Waals surface area (Å²) >= 11 is 0. The third-order valence-corrected chi connectivity index (χ3v) is 1.96. The van der Waals surface area contributed by atoms with Crippen molar-refractivity contribution in [2.75, 3.05) is 19.0 Å². The van der Waals surface area contributed by atoms with Crippen LogP contribution in [-0.4, -0.2) is 25.9 Å². The minimum atomic E-state index is -3.66. The quantitative estimate of drug-likeness (QED) is 0.878. The molecule has 1 aliphatic rings. The van der Waals surface area contributed by atoms with E-state index in [1.165, 1.54) is 25.3 Å². The molecule has 0 saturated carbocycles. The van der Waals surface area contributed by atoms with E-state index in [2.05, 4.69) is 19.5 Å². The second-order valence-electron chi connectivity index (χ2n) is 3.31. The van der Waals surface area contributed by atoms with Crippen LogP contribution < -0.4 is 14.8 Å². The van der Waals surface area contributed by atoms with E-state index in [-0.39, 0.29) is 18.1 Å². The predicted octanol–water partition coefficient (Wildman–Crippen LogP) is 1.59. The molecule has 0 aromatic heterocycles. The Hall–Kier alpha value is -1.89. The van der Waals surface area contributed by atoms with Crippen molar-refractivity contribution in [3.63, 3.8) is 0 Å². The number of amides is 1. The molecule has 0 atom stereocenters. The minimum absolute atomic E-state index is 0.0697. The number of carbonyl (C=O) groups excluding carboxylic acids is 1. The van der Waals surface area contributed by atoms with Gasteiger partial charge in [-0.25, -0.2) is 0 Å². The van der Waals surface area contributed by atoms with Gasteiger partial charge in [0.25, 0.3) is 0 Å². The molecule has 7 heteroatoms. The highest BCUT2D eigenvalue weighted by Gasteiger charge is 2.43. The lowest BCUT2D eigenvalue weighted by atomic mass is 10.3. The van der Waals surface area contributed by atoms with E-state index < -0.39 is 12.2 Å². The van der Waals surface area contributed by atoms with Gasteiger partial charge in [0.05, 0.1) is 0 Å². The van der Waals surface area contributed by atoms with Gasteiger partial charge in [0, 0.05) is 18.9 Å². The first-order valence-electron chi connectivity index (χ1n) is 4.69. The van der Waals surface area contributed by atoms with E-state index in [0.29, 0.717) is 5.69 Å². The van der Waals surface area contributed by atoms with Gasteiger partial charge in [0.2, 0.25) is 5.91 Å². The number of hydrogen-bond acceptors (Lipinski definition) is 4. The molecule has 0 fully saturated rings. The van der Waals surface area contributed by atoms with Gasteiger partial charge in [-0.2, -0.15) is 0 Å². The topological polar surface area (TPSA) is 56.8 Å². The number of anilines is 1. The van der Waals surface area contributed by atoms with E-state index in [0.717, 1.165) is 0 Å². The maximum Gasteiger partial charge on any atom is 0.586 e. The number of ether oxygens (including phenoxy) is 3. The number of methoxy groups -OCH3 is 1. The Bertz CT molecular complexity index is 450. The molecule has 1 aromatic carbocycles. The molecule has 0 radical (unpaired) electrons. The maximum absolute atomic E-state index is 12.7. The van der Waals surface area contributed by atoms with Gasteiger partial charge < -0.3 is 19.5 Å². The molecular formula is C10H9F2NO4. The molecule has 2 rings (SSSR count). The zero-order valence-corrected chi connectivity index (χ0v) is 8.83. The summed E-state index contributed by atoms with van der Waals surface area (Å²) in [6.45, 7) is -0.120. The molecule has 1 heterocycles. The highest BCUT2D eigenvalue weighted by atomic mass is 19.3. The Morgan fingerprint density at radius 3 is 2.82 bits per heavy atom. The fourth-order valence-electron chi connectivity index (χ4n) is 1.35. The highest BCUT2D eigenvalue weighted by Crippen LogP contribution is 2.42. The van der Waals surface area contributed by atoms with Gasteiger partial charge in [-0.3, -0.25) is 4.79 Å². The first-order valence-corrected chi connectivity index (χ1v) is 4.69. The van der Waals surface area contributed by atoms with Gasteiger partial charge in [0.15, 0.2) is 11.5 Å². The van der Waals surface area contributed by atoms with Crippen LogP contribution in [0.2, 0.25) is 0 Å². The third-order valence-electron chi connectivity index (χ3n) is 1.96. The molecule has 17 heavy (non-hydrogen) atoms. The number of hydrogen-bond donors (Lipinski definition) is 1. The van der Waals surface area contributed by atoms with Crippen molar-refractivity contribution in [1.82, 2.24) is 0 Å². The Morgan fingerprint density at radius 2 is 2.12 bits per heavy atom. The second-order valence-corrected chi connectivity index (χ2v) is 3.31. The van der Waals surface area contributed by atoms with Crippen LogP contribution in [0.3, 0.4) is 0 Å². The van der Waals surface area contributed by atoms with Crippen LogP contribution in [0.1, 0.15) is 0 Å². The van der Waals surface area contributed by atoms with Gasteiger partial charge in [-0.05, 0) is 12.1 Å². The maximum atomic E-state index is 12.7. The summed E-state index contributed by atoms with van der Waals surface area (Å²) in [5.74, 6) is -0.580. The van der Waals surface area contributed by atoms with Crippen molar-refractivity contribution < 1.29 is 27.8 Å². The van der Waals surface area contributed by atoms with Crippen LogP contribution >= 0.6 is 0 Å². The molecular weight excluding hydrogens is 236 g/mol. The normalized spacial score (nSPS) is 15.7. The molecule has 0 bridgehead atoms. The van der Waals surface area contributed by atoms with Crippen molar-refractivity contribution in [2.24, 2.45) is 0 Å². The van der Waals surface area contributed by atoms with Crippen LogP contribution in [0.4, 0.5) is 14.5 Å². The number of nitrogens with one attached hydrogen (secondary N) is 1. The number of benzene rings is 1. The van der Waals surface area contributed by atoms with Crippen LogP contribution in [0.25, 0.3) is 0 Å². The highest BCUT2D eigenvalue weighted by molar-refractivity contribution is 5.92. The van der Waals surface area contributed by atoms with Crippen molar-refractivity contribution in [2.45, 2.75) is 6.29 Å². The second kappa shape index (κ2) is 4.17. The first-order chi connectivity index (χ1) is 8.00. The zero-order chi connectivity index (χ0) is 12.5. The molecule has 1 N–H and O–H groups in total. The smallest absolute Gasteiger partial charge is 0.395 e. The average molecular weight is 245 g/mol. The Kier molecular flexibility index (Phi) is 2.84. The largest absolute Gasteiger partial charge is 0.586 e. The minimum Gasteiger partial charge on any atom is -0.395 e. The number of carbonyl (C=O) groups is 1. The average Bonchev–Trinajstić information content (AvgIpc) is 2.51. The summed E-state index contributed by atoms with van der Waals surface area (Å²) in [4.78, 5) is 11.2. The summed E-state index contributed by atoms with van der Waals surface area (Å²) in [5.41, 5.74) is 0.326. The van der Waals surface area contributed by atoms with Crippen LogP contribution in [0.15, 0.2) is 18.2 Å². The van der Waals surface area contributed by atoms with Crippen molar-refractivity contribution in [1.29, 1.82) is 0 Å². The molecule has 0 aliphatic carbocycles. The van der Waals surface area contributed by atoms with E-state index in [1.807, 2.05) is 0 Å². The van der Waals surface area contributed by atoms with E-state index >= 15 is 0 Å². The molecule has 0 unspecified atom stereocenters. The summed E-state index contributed by atoms with van der Waals surface area (Å²) < 4.78 is 38.5. The SMILES string of the molecule is COCC(=O)Nc1ccc2c(c1)OC(F)(F)O2. The van der Waals surface area contributed by atoms with Gasteiger partial charge in [-0.15, -0.1) is 8.78 Å². The van der Waals surface area contributed by atoms with E-state index in [1.54, 1.807) is 0 Å². The predicted molar refractivity (Wildman–Crippen MR) is 53.2 cm³/mol. The molecule has 1 aliphatic heterocycles. The monoisotopic (exact) mass is 245 g/mol. The van der Waals surface area contributed by atoms with Crippen molar-refractivity contribution >= 4 is 11.6 Å². The number of halogens is 2. The zero-order valence-electron chi connectivity index (χ0n) is 8.83. The van der Waals surface area contributed by atoms with Crippen LogP contribution in [-0.2, 0) is 9.53 Å². The van der Waals surface area contributed by atoms with Gasteiger partial charge in [0.1, 0.15) is 6.61 Å². The Balaban J connectivity index is 2.11. The summed E-state index contributed by atoms with van der Waals surface area (Å²) in [6.07, 6.45) is -3.66. The first kappa shape index (κ1) is 11.6. The lowest BCUT2D eigenvalue weighted by molar-refractivity contribution is -0.286. The van der Waals surface area contributed by atoms with E-state index in [4.69, 9.17) is 0 Å². The Labute approximate surface area is 95.3 Å². The molecule has 5 nitrogen and oxygen atoms in total. The molecule has 1 aromatic rings. The Morgan fingerprint density at radius 1 is 1.41 bits per heavy atom. The van der Waals surface area contributed by atoms with Gasteiger partial charge >= 0.3 is 6.29 Å². The number of alkyl halides is 2. The molecule has 1 amide bonds. The third kappa shape index (κ3) is 2.62. The summed E-state index contributed by atoms with van der Waals surface area (Å²) in [6, 6.07) is 3.97. The lowest BCUT2D eigenvalue weighted by Crippen LogP contribution is -2.25. The fourth-order valence-corrected chi connectivity index (χ4v) is 1.35. The van der Waals surface area contributed by atoms with Crippen LogP contribution in [0.5, 0.6) is 11.5 Å². The van der Waals surface area contributed by atoms with Crippen LogP contribution in [0, 0.1) is 0 Å². The summed E-state index contributed by atoms with van der Waals surface area (Å²) in [7, 11) is 1.37. The van der Waals surface area contributed by atoms with E-state index in [9.17, 15) is 13.6 Å². The lowest BCUT2D eigenvalue weighted by Gasteiger charge is -2.05. The standard InChI is InChI=1S/C10H9F2NO4/c1-15-5-9(14)13-6-2-3-7-8(4-6)17-10(11,12)16-7/h2-4H,5H2,1H3,(H,13,14). The number of rotatable bonds is 3. The molecule has 92 valence electrons. The fraction of sp³-hybridized carbons (Fsp3) is 0.300. The molecule has 0 saturated heterocycles.